The van der Waals surface area contributed by atoms with E-state index < -0.39 is 12.2 Å². The summed E-state index contributed by atoms with van der Waals surface area (Å²) in [6.07, 6.45) is 3.29. The number of fused-ring (bicyclic) bond motifs is 1. The van der Waals surface area contributed by atoms with Crippen LogP contribution in [-0.2, 0) is 6.54 Å². The van der Waals surface area contributed by atoms with E-state index in [0.717, 1.165) is 5.56 Å². The van der Waals surface area contributed by atoms with Gasteiger partial charge in [0.2, 0.25) is 0 Å². The number of H-pyrrole nitrogens is 2. The first-order valence-electron chi connectivity index (χ1n) is 6.41. The van der Waals surface area contributed by atoms with Crippen LogP contribution in [0.25, 0.3) is 11.0 Å². The van der Waals surface area contributed by atoms with Crippen LogP contribution in [-0.4, -0.2) is 43.4 Å². The van der Waals surface area contributed by atoms with Gasteiger partial charge >= 0.3 is 0 Å². The zero-order valence-corrected chi connectivity index (χ0v) is 10.9. The van der Waals surface area contributed by atoms with Gasteiger partial charge in [0.05, 0.1) is 17.5 Å². The van der Waals surface area contributed by atoms with Gasteiger partial charge in [-0.3, -0.25) is 4.79 Å². The molecular formula is C13H16N4O3. The summed E-state index contributed by atoms with van der Waals surface area (Å²) in [5.74, 6) is 0.557. The predicted octanol–water partition coefficient (Wildman–Crippen LogP) is -0.691. The molecule has 1 aliphatic rings. The smallest absolute Gasteiger partial charge is 0.260 e. The summed E-state index contributed by atoms with van der Waals surface area (Å²) in [5, 5.41) is 22.8. The molecule has 0 bridgehead atoms. The van der Waals surface area contributed by atoms with E-state index in [1.807, 2.05) is 0 Å². The lowest BCUT2D eigenvalue weighted by atomic mass is 10.1. The lowest BCUT2D eigenvalue weighted by Gasteiger charge is -2.17. The van der Waals surface area contributed by atoms with Crippen molar-refractivity contribution in [3.8, 4) is 0 Å². The lowest BCUT2D eigenvalue weighted by molar-refractivity contribution is 0.0441. The van der Waals surface area contributed by atoms with Gasteiger partial charge in [0.25, 0.3) is 5.56 Å². The molecule has 0 unspecified atom stereocenters. The van der Waals surface area contributed by atoms with Crippen LogP contribution >= 0.6 is 0 Å². The third kappa shape index (κ3) is 2.15. The van der Waals surface area contributed by atoms with E-state index >= 15 is 0 Å². The highest BCUT2D eigenvalue weighted by Crippen LogP contribution is 2.15. The van der Waals surface area contributed by atoms with E-state index in [9.17, 15) is 15.0 Å². The molecule has 5 N–H and O–H groups in total. The van der Waals surface area contributed by atoms with Crippen molar-refractivity contribution in [1.29, 1.82) is 0 Å². The molecule has 0 spiro atoms. The Morgan fingerprint density at radius 1 is 1.40 bits per heavy atom. The van der Waals surface area contributed by atoms with Crippen LogP contribution in [0.1, 0.15) is 11.4 Å². The second-order valence-electron chi connectivity index (χ2n) is 4.96. The summed E-state index contributed by atoms with van der Waals surface area (Å²) >= 11 is 0. The molecular weight excluding hydrogens is 260 g/mol. The quantitative estimate of drug-likeness (QED) is 0.476. The number of aromatic nitrogens is 3. The summed E-state index contributed by atoms with van der Waals surface area (Å²) < 4.78 is 0. The van der Waals surface area contributed by atoms with Crippen molar-refractivity contribution in [2.24, 2.45) is 0 Å². The number of hydrogen-bond acceptors (Lipinski definition) is 5. The molecule has 2 aromatic rings. The Labute approximate surface area is 114 Å². The summed E-state index contributed by atoms with van der Waals surface area (Å²) in [7, 11) is 0. The summed E-state index contributed by atoms with van der Waals surface area (Å²) in [5.41, 5.74) is 1.13. The molecule has 3 atom stereocenters. The maximum Gasteiger partial charge on any atom is 0.260 e. The highest BCUT2D eigenvalue weighted by molar-refractivity contribution is 5.78. The molecule has 7 heteroatoms. The topological polar surface area (TPSA) is 114 Å². The minimum Gasteiger partial charge on any atom is -0.388 e. The fourth-order valence-electron chi connectivity index (χ4n) is 2.45. The number of rotatable bonds is 3. The molecule has 3 rings (SSSR count). The Balaban J connectivity index is 1.82. The monoisotopic (exact) mass is 276 g/mol. The number of aliphatic hydroxyl groups excluding tert-OH is 2. The first kappa shape index (κ1) is 13.0. The third-order valence-corrected chi connectivity index (χ3v) is 3.50. The fourth-order valence-corrected chi connectivity index (χ4v) is 2.45. The third-order valence-electron chi connectivity index (χ3n) is 3.50. The van der Waals surface area contributed by atoms with Gasteiger partial charge in [-0.2, -0.15) is 0 Å². The predicted molar refractivity (Wildman–Crippen MR) is 73.2 cm³/mol. The van der Waals surface area contributed by atoms with Crippen molar-refractivity contribution in [3.63, 3.8) is 0 Å². The SMILES string of the molecule is Cc1nc2[nH]cc(CN[C@H]3C=C[C@H](O)[C@@H]3O)c2c(=O)[nH]1. The average Bonchev–Trinajstić information content (AvgIpc) is 2.93. The van der Waals surface area contributed by atoms with E-state index in [1.165, 1.54) is 0 Å². The number of aliphatic hydroxyl groups is 2. The van der Waals surface area contributed by atoms with Crippen LogP contribution < -0.4 is 10.9 Å². The normalized spacial score (nSPS) is 25.6. The average molecular weight is 276 g/mol. The minimum absolute atomic E-state index is 0.187. The maximum absolute atomic E-state index is 11.9. The van der Waals surface area contributed by atoms with Gasteiger partial charge in [0.1, 0.15) is 17.6 Å². The van der Waals surface area contributed by atoms with Crippen LogP contribution in [0.5, 0.6) is 0 Å². The highest BCUT2D eigenvalue weighted by Gasteiger charge is 2.27. The van der Waals surface area contributed by atoms with E-state index in [4.69, 9.17) is 0 Å². The first-order valence-corrected chi connectivity index (χ1v) is 6.41. The molecule has 0 aliphatic heterocycles. The molecule has 0 saturated heterocycles. The van der Waals surface area contributed by atoms with E-state index in [1.54, 1.807) is 25.3 Å². The molecule has 0 aromatic carbocycles. The molecule has 2 heterocycles. The van der Waals surface area contributed by atoms with Crippen molar-refractivity contribution >= 4 is 11.0 Å². The minimum atomic E-state index is -0.862. The van der Waals surface area contributed by atoms with Crippen LogP contribution in [0, 0.1) is 6.92 Å². The van der Waals surface area contributed by atoms with Gasteiger partial charge in [-0.15, -0.1) is 0 Å². The largest absolute Gasteiger partial charge is 0.388 e. The van der Waals surface area contributed by atoms with Crippen LogP contribution in [0.2, 0.25) is 0 Å². The van der Waals surface area contributed by atoms with Gasteiger partial charge in [-0.25, -0.2) is 4.98 Å². The Morgan fingerprint density at radius 2 is 2.20 bits per heavy atom. The van der Waals surface area contributed by atoms with Crippen LogP contribution in [0.4, 0.5) is 0 Å². The Kier molecular flexibility index (Phi) is 3.17. The van der Waals surface area contributed by atoms with Gasteiger partial charge in [-0.1, -0.05) is 12.2 Å². The zero-order chi connectivity index (χ0) is 14.3. The molecule has 20 heavy (non-hydrogen) atoms. The van der Waals surface area contributed by atoms with Crippen molar-refractivity contribution in [2.45, 2.75) is 31.7 Å². The number of nitrogens with zero attached hydrogens (tertiary/aromatic N) is 1. The Hall–Kier alpha value is -1.96. The Bertz CT molecular complexity index is 718. The summed E-state index contributed by atoms with van der Waals surface area (Å²) in [6.45, 7) is 2.12. The van der Waals surface area contributed by atoms with Crippen LogP contribution in [0.3, 0.4) is 0 Å². The van der Waals surface area contributed by atoms with Gasteiger partial charge < -0.3 is 25.5 Å². The van der Waals surface area contributed by atoms with Crippen LogP contribution in [0.15, 0.2) is 23.1 Å². The van der Waals surface area contributed by atoms with E-state index in [-0.39, 0.29) is 11.6 Å². The second kappa shape index (κ2) is 4.86. The molecule has 106 valence electrons. The van der Waals surface area contributed by atoms with Gasteiger partial charge in [-0.05, 0) is 12.5 Å². The lowest BCUT2D eigenvalue weighted by Crippen LogP contribution is -2.40. The zero-order valence-electron chi connectivity index (χ0n) is 10.9. The summed E-state index contributed by atoms with van der Waals surface area (Å²) in [6, 6.07) is -0.326. The Morgan fingerprint density at radius 3 is 2.90 bits per heavy atom. The number of nitrogens with one attached hydrogen (secondary N) is 3. The van der Waals surface area contributed by atoms with Gasteiger partial charge in [0.15, 0.2) is 0 Å². The first-order chi connectivity index (χ1) is 9.56. The molecule has 0 saturated carbocycles. The van der Waals surface area contributed by atoms with Crippen molar-refractivity contribution < 1.29 is 10.2 Å². The molecule has 1 aliphatic carbocycles. The maximum atomic E-state index is 11.9. The molecule has 2 aromatic heterocycles. The molecule has 0 fully saturated rings. The molecule has 0 amide bonds. The van der Waals surface area contributed by atoms with Crippen molar-refractivity contribution in [2.75, 3.05) is 0 Å². The number of aryl methyl sites for hydroxylation is 1. The molecule has 0 radical (unpaired) electrons. The van der Waals surface area contributed by atoms with E-state index in [2.05, 4.69) is 20.3 Å². The van der Waals surface area contributed by atoms with E-state index in [0.29, 0.717) is 23.4 Å². The van der Waals surface area contributed by atoms with Crippen molar-refractivity contribution in [3.05, 3.63) is 40.1 Å². The summed E-state index contributed by atoms with van der Waals surface area (Å²) in [4.78, 5) is 21.8. The second-order valence-corrected chi connectivity index (χ2v) is 4.96. The highest BCUT2D eigenvalue weighted by atomic mass is 16.3. The van der Waals surface area contributed by atoms with Gasteiger partial charge in [0, 0.05) is 12.7 Å². The molecule has 7 nitrogen and oxygen atoms in total. The fraction of sp³-hybridized carbons (Fsp3) is 0.385. The van der Waals surface area contributed by atoms with Crippen molar-refractivity contribution in [1.82, 2.24) is 20.3 Å². The number of hydrogen-bond donors (Lipinski definition) is 5. The number of aromatic amines is 2. The standard InChI is InChI=1S/C13H16N4O3/c1-6-16-12-10(13(20)17-6)7(5-15-12)4-14-8-2-3-9(18)11(8)19/h2-3,5,8-9,11,14,18-19H,4H2,1H3,(H2,15,16,17,20)/t8-,9-,11+/m0/s1.